The van der Waals surface area contributed by atoms with Crippen LogP contribution in [-0.2, 0) is 13.6 Å². The number of hydrogen-bond acceptors (Lipinski definition) is 6. The van der Waals surface area contributed by atoms with Crippen molar-refractivity contribution in [2.75, 3.05) is 26.3 Å². The van der Waals surface area contributed by atoms with Gasteiger partial charge in [0.1, 0.15) is 0 Å². The third kappa shape index (κ3) is 3.98. The van der Waals surface area contributed by atoms with Gasteiger partial charge >= 0.3 is 13.0 Å². The zero-order valence-electron chi connectivity index (χ0n) is 11.3. The summed E-state index contributed by atoms with van der Waals surface area (Å²) in [7, 11) is -3.79. The van der Waals surface area contributed by atoms with Gasteiger partial charge in [0.2, 0.25) is 5.39 Å². The molecule has 0 amide bonds. The van der Waals surface area contributed by atoms with Gasteiger partial charge in [-0.15, -0.1) is 0 Å². The minimum absolute atomic E-state index is 0.113. The fourth-order valence-electron chi connectivity index (χ4n) is 1.39. The summed E-state index contributed by atoms with van der Waals surface area (Å²) in [6.45, 7) is 8.05. The Morgan fingerprint density at radius 1 is 1.22 bits per heavy atom. The highest BCUT2D eigenvalue weighted by Gasteiger charge is 2.47. The average Bonchev–Trinajstić information content (AvgIpc) is 2.31. The maximum atomic E-state index is 12.4. The molecule has 0 aliphatic carbocycles. The summed E-state index contributed by atoms with van der Waals surface area (Å²) < 4.78 is 22.4. The first-order chi connectivity index (χ1) is 8.50. The zero-order chi connectivity index (χ0) is 14.2. The highest BCUT2D eigenvalue weighted by Crippen LogP contribution is 2.57. The molecule has 0 aromatic carbocycles. The molecule has 0 heterocycles. The van der Waals surface area contributed by atoms with E-state index in [1.54, 1.807) is 27.7 Å². The average molecular weight is 278 g/mol. The van der Waals surface area contributed by atoms with Gasteiger partial charge in [-0.05, 0) is 27.7 Å². The predicted molar refractivity (Wildman–Crippen MR) is 68.5 cm³/mol. The highest BCUT2D eigenvalue weighted by atomic mass is 31.2. The molecule has 0 bridgehead atoms. The monoisotopic (exact) mass is 278 g/mol. The van der Waals surface area contributed by atoms with Gasteiger partial charge in [0.25, 0.3) is 5.88 Å². The molecule has 0 atom stereocenters. The third-order valence-corrected chi connectivity index (χ3v) is 4.22. The molecule has 104 valence electrons. The Kier molecular flexibility index (Phi) is 7.60. The molecule has 1 N–H and O–H groups in total. The molecule has 0 fully saturated rings. The Labute approximate surface area is 108 Å². The van der Waals surface area contributed by atoms with Crippen LogP contribution in [0, 0.1) is 5.39 Å². The van der Waals surface area contributed by atoms with Crippen LogP contribution in [0.3, 0.4) is 0 Å². The molecule has 0 saturated carbocycles. The van der Waals surface area contributed by atoms with Crippen molar-refractivity contribution < 1.29 is 18.7 Å². The minimum atomic E-state index is -3.79. The van der Waals surface area contributed by atoms with Crippen molar-refractivity contribution >= 4 is 7.60 Å². The van der Waals surface area contributed by atoms with Crippen LogP contribution < -0.4 is 0 Å². The number of aliphatic hydroxyl groups is 1. The quantitative estimate of drug-likeness (QED) is 0.417. The number of nitrogens with zero attached hydrogens (tertiary/aromatic N) is 3. The van der Waals surface area contributed by atoms with Crippen molar-refractivity contribution in [2.24, 2.45) is 0 Å². The Morgan fingerprint density at radius 3 is 1.94 bits per heavy atom. The van der Waals surface area contributed by atoms with Crippen molar-refractivity contribution in [3.63, 3.8) is 0 Å². The Hall–Kier alpha value is -1.09. The molecule has 0 radical (unpaired) electrons. The molecular weight excluding hydrogens is 257 g/mol. The maximum absolute atomic E-state index is 12.4. The Balaban J connectivity index is 5.56. The summed E-state index contributed by atoms with van der Waals surface area (Å²) in [6, 6.07) is 0. The van der Waals surface area contributed by atoms with Gasteiger partial charge in [0, 0.05) is 13.1 Å². The topological polar surface area (TPSA) is 87.1 Å². The van der Waals surface area contributed by atoms with Crippen molar-refractivity contribution in [3.8, 4) is 0 Å². The summed E-state index contributed by atoms with van der Waals surface area (Å²) in [6.07, 6.45) is 0. The van der Waals surface area contributed by atoms with E-state index >= 15 is 0 Å². The zero-order valence-corrected chi connectivity index (χ0v) is 12.2. The maximum Gasteiger partial charge on any atom is 0.528 e. The van der Waals surface area contributed by atoms with Crippen LogP contribution in [0.25, 0.3) is 4.98 Å². The van der Waals surface area contributed by atoms with Gasteiger partial charge in [0.15, 0.2) is 4.98 Å². The van der Waals surface area contributed by atoms with E-state index in [9.17, 15) is 9.67 Å². The molecule has 0 aliphatic heterocycles. The van der Waals surface area contributed by atoms with E-state index in [0.717, 1.165) is 0 Å². The van der Waals surface area contributed by atoms with Gasteiger partial charge in [-0.3, -0.25) is 0 Å². The summed E-state index contributed by atoms with van der Waals surface area (Å²) in [5.41, 5.74) is -0.463. The Morgan fingerprint density at radius 2 is 1.67 bits per heavy atom. The van der Waals surface area contributed by atoms with Crippen molar-refractivity contribution in [2.45, 2.75) is 27.7 Å². The van der Waals surface area contributed by atoms with E-state index in [1.165, 1.54) is 4.90 Å². The second kappa shape index (κ2) is 8.09. The second-order valence-corrected chi connectivity index (χ2v) is 5.19. The van der Waals surface area contributed by atoms with Crippen LogP contribution in [0.5, 0.6) is 0 Å². The number of aliphatic hydroxyl groups excluding tert-OH is 1. The molecule has 0 unspecified atom stereocenters. The van der Waals surface area contributed by atoms with Gasteiger partial charge < -0.3 is 19.1 Å². The lowest BCUT2D eigenvalue weighted by atomic mass is 10.5. The molecule has 0 rings (SSSR count). The van der Waals surface area contributed by atoms with Crippen LogP contribution in [0.4, 0.5) is 0 Å². The van der Waals surface area contributed by atoms with Gasteiger partial charge in [-0.25, -0.2) is 4.57 Å². The fourth-order valence-corrected chi connectivity index (χ4v) is 2.88. The van der Waals surface area contributed by atoms with E-state index in [1.807, 2.05) is 0 Å². The smallest absolute Gasteiger partial charge is 0.489 e. The van der Waals surface area contributed by atoms with Gasteiger partial charge in [0.05, 0.1) is 13.2 Å². The number of diazo groups is 1. The molecule has 0 aliphatic rings. The van der Waals surface area contributed by atoms with Crippen molar-refractivity contribution in [3.05, 3.63) is 16.3 Å². The van der Waals surface area contributed by atoms with E-state index in [-0.39, 0.29) is 13.2 Å². The molecule has 7 nitrogen and oxygen atoms in total. The number of rotatable bonds is 8. The van der Waals surface area contributed by atoms with Crippen LogP contribution in [0.1, 0.15) is 27.7 Å². The Bertz CT molecular complexity index is 364. The third-order valence-electron chi connectivity index (χ3n) is 2.22. The lowest BCUT2D eigenvalue weighted by Gasteiger charge is -2.18. The van der Waals surface area contributed by atoms with Crippen LogP contribution >= 0.6 is 7.60 Å². The number of hydrogen-bond donors (Lipinski definition) is 1. The summed E-state index contributed by atoms with van der Waals surface area (Å²) in [5, 5.41) is 19.0. The van der Waals surface area contributed by atoms with E-state index < -0.39 is 18.9 Å². The minimum Gasteiger partial charge on any atom is -0.489 e. The van der Waals surface area contributed by atoms with Crippen LogP contribution in [0.2, 0.25) is 0 Å². The summed E-state index contributed by atoms with van der Waals surface area (Å²) >= 11 is 0. The van der Waals surface area contributed by atoms with Crippen molar-refractivity contribution in [1.29, 1.82) is 5.39 Å². The van der Waals surface area contributed by atoms with Gasteiger partial charge in [-0.2, -0.15) is 0 Å². The van der Waals surface area contributed by atoms with Crippen LogP contribution in [0.15, 0.2) is 11.3 Å². The molecule has 0 aromatic rings. The standard InChI is InChI=1S/C10H20N3O4P/c1-5-13(6-2)10(14)9(12-11)18(15,16-7-3)17-8-4/h5-8H2,1-4H3/p+1. The van der Waals surface area contributed by atoms with Crippen molar-refractivity contribution in [1.82, 2.24) is 4.90 Å². The van der Waals surface area contributed by atoms with E-state index in [4.69, 9.17) is 14.4 Å². The molecule has 0 saturated heterocycles. The molecular formula is C10H21N3O4P+. The summed E-state index contributed by atoms with van der Waals surface area (Å²) in [4.78, 5) is 4.37. The lowest BCUT2D eigenvalue weighted by molar-refractivity contribution is 0.201. The first-order valence-corrected chi connectivity index (χ1v) is 7.47. The molecule has 0 spiro atoms. The summed E-state index contributed by atoms with van der Waals surface area (Å²) in [5.74, 6) is -0.396. The highest BCUT2D eigenvalue weighted by molar-refractivity contribution is 7.58. The fraction of sp³-hybridized carbons (Fsp3) is 0.800. The first-order valence-electron chi connectivity index (χ1n) is 5.93. The molecule has 18 heavy (non-hydrogen) atoms. The largest absolute Gasteiger partial charge is 0.528 e. The van der Waals surface area contributed by atoms with Gasteiger partial charge in [-0.1, -0.05) is 0 Å². The molecule has 0 aromatic heterocycles. The van der Waals surface area contributed by atoms with Crippen LogP contribution in [-0.4, -0.2) is 36.3 Å². The SMILES string of the molecule is CCOP(=O)(OCC)/C([N+]#N)=C(\O)N(CC)CC. The normalized spacial score (nSPS) is 12.8. The molecule has 8 heteroatoms. The predicted octanol–water partition coefficient (Wildman–Crippen LogP) is 3.13. The second-order valence-electron chi connectivity index (χ2n) is 3.25. The first kappa shape index (κ1) is 16.9. The lowest BCUT2D eigenvalue weighted by Crippen LogP contribution is -2.23. The van der Waals surface area contributed by atoms with E-state index in [0.29, 0.717) is 13.1 Å². The van der Waals surface area contributed by atoms with E-state index in [2.05, 4.69) is 4.98 Å².